The van der Waals surface area contributed by atoms with Crippen LogP contribution in [0.5, 0.6) is 11.5 Å². The van der Waals surface area contributed by atoms with E-state index < -0.39 is 5.91 Å². The Bertz CT molecular complexity index is 906. The second-order valence-electron chi connectivity index (χ2n) is 5.96. The van der Waals surface area contributed by atoms with Crippen molar-refractivity contribution in [3.05, 3.63) is 64.8 Å². The van der Waals surface area contributed by atoms with Crippen LogP contribution in [0.15, 0.2) is 54.2 Å². The van der Waals surface area contributed by atoms with Crippen LogP contribution >= 0.6 is 11.6 Å². The number of carbonyl (C=O) groups is 1. The second-order valence-corrected chi connectivity index (χ2v) is 6.36. The fourth-order valence-electron chi connectivity index (χ4n) is 2.54. The minimum Gasteiger partial charge on any atom is -0.490 e. The van der Waals surface area contributed by atoms with Gasteiger partial charge in [0.05, 0.1) is 23.9 Å². The van der Waals surface area contributed by atoms with Gasteiger partial charge in [0.1, 0.15) is 11.6 Å². The van der Waals surface area contributed by atoms with Crippen LogP contribution in [0.2, 0.25) is 5.02 Å². The van der Waals surface area contributed by atoms with Gasteiger partial charge in [0.25, 0.3) is 5.91 Å². The van der Waals surface area contributed by atoms with E-state index in [1.165, 1.54) is 6.20 Å². The summed E-state index contributed by atoms with van der Waals surface area (Å²) in [5.74, 6) is 0.904. The van der Waals surface area contributed by atoms with Gasteiger partial charge < -0.3 is 20.1 Å². The number of nitrogens with zero attached hydrogens (tertiary/aromatic N) is 1. The van der Waals surface area contributed by atoms with Crippen molar-refractivity contribution in [1.82, 2.24) is 5.32 Å². The highest BCUT2D eigenvalue weighted by Crippen LogP contribution is 2.28. The number of halogens is 1. The normalized spacial score (nSPS) is 10.8. The van der Waals surface area contributed by atoms with E-state index in [1.54, 1.807) is 24.3 Å². The first kappa shape index (κ1) is 22.1. The van der Waals surface area contributed by atoms with Crippen molar-refractivity contribution in [1.29, 1.82) is 5.26 Å². The number of hydrogen-bond acceptors (Lipinski definition) is 5. The van der Waals surface area contributed by atoms with E-state index in [0.29, 0.717) is 48.4 Å². The van der Waals surface area contributed by atoms with Crippen molar-refractivity contribution in [3.8, 4) is 17.6 Å². The Kier molecular flexibility index (Phi) is 8.87. The van der Waals surface area contributed by atoms with Crippen LogP contribution in [0.1, 0.15) is 19.4 Å². The minimum atomic E-state index is -0.521. The lowest BCUT2D eigenvalue weighted by molar-refractivity contribution is -0.112. The highest BCUT2D eigenvalue weighted by atomic mass is 35.5. The number of benzene rings is 2. The zero-order chi connectivity index (χ0) is 21.1. The molecular formula is C22H24ClN3O3. The van der Waals surface area contributed by atoms with Gasteiger partial charge in [-0.05, 0) is 50.1 Å². The summed E-state index contributed by atoms with van der Waals surface area (Å²) in [5, 5.41) is 15.3. The molecule has 0 atom stereocenters. The van der Waals surface area contributed by atoms with E-state index in [0.717, 1.165) is 5.56 Å². The van der Waals surface area contributed by atoms with Gasteiger partial charge in [-0.15, -0.1) is 0 Å². The molecule has 152 valence electrons. The predicted octanol–water partition coefficient (Wildman–Crippen LogP) is 4.32. The Balaban J connectivity index is 1.94. The Hall–Kier alpha value is -3.17. The molecule has 7 heteroatoms. The molecule has 0 heterocycles. The smallest absolute Gasteiger partial charge is 0.267 e. The molecule has 0 aliphatic carbocycles. The molecule has 29 heavy (non-hydrogen) atoms. The van der Waals surface area contributed by atoms with Gasteiger partial charge in [-0.2, -0.15) is 5.26 Å². The Morgan fingerprint density at radius 2 is 1.86 bits per heavy atom. The lowest BCUT2D eigenvalue weighted by Crippen LogP contribution is -2.18. The average Bonchev–Trinajstić information content (AvgIpc) is 2.72. The third-order valence-corrected chi connectivity index (χ3v) is 4.23. The summed E-state index contributed by atoms with van der Waals surface area (Å²) in [7, 11) is 0. The summed E-state index contributed by atoms with van der Waals surface area (Å²) in [5.41, 5.74) is 1.47. The first-order chi connectivity index (χ1) is 14.1. The van der Waals surface area contributed by atoms with Crippen LogP contribution in [0.25, 0.3) is 0 Å². The number of nitrogens with one attached hydrogen (secondary N) is 2. The molecule has 6 nitrogen and oxygen atoms in total. The lowest BCUT2D eigenvalue weighted by atomic mass is 10.1. The van der Waals surface area contributed by atoms with Crippen molar-refractivity contribution in [2.24, 2.45) is 0 Å². The molecule has 2 aromatic rings. The zero-order valence-corrected chi connectivity index (χ0v) is 17.3. The Morgan fingerprint density at radius 1 is 1.14 bits per heavy atom. The van der Waals surface area contributed by atoms with E-state index in [1.807, 2.05) is 38.1 Å². The van der Waals surface area contributed by atoms with E-state index >= 15 is 0 Å². The molecule has 0 radical (unpaired) electrons. The van der Waals surface area contributed by atoms with Gasteiger partial charge in [0.15, 0.2) is 11.5 Å². The molecule has 0 unspecified atom stereocenters. The summed E-state index contributed by atoms with van der Waals surface area (Å²) in [6.45, 7) is 5.51. The van der Waals surface area contributed by atoms with Crippen molar-refractivity contribution in [2.45, 2.75) is 20.3 Å². The molecule has 0 aromatic heterocycles. The quantitative estimate of drug-likeness (QED) is 0.344. The van der Waals surface area contributed by atoms with Crippen molar-refractivity contribution >= 4 is 23.2 Å². The topological polar surface area (TPSA) is 83.4 Å². The number of rotatable bonds is 10. The van der Waals surface area contributed by atoms with Gasteiger partial charge in [-0.3, -0.25) is 4.79 Å². The fourth-order valence-corrected chi connectivity index (χ4v) is 2.73. The van der Waals surface area contributed by atoms with E-state index in [4.69, 9.17) is 21.1 Å². The second kappa shape index (κ2) is 11.6. The molecule has 2 rings (SSSR count). The number of carbonyl (C=O) groups excluding carboxylic acids is 1. The molecule has 0 aliphatic heterocycles. The van der Waals surface area contributed by atoms with Crippen LogP contribution in [-0.4, -0.2) is 25.7 Å². The van der Waals surface area contributed by atoms with Gasteiger partial charge >= 0.3 is 0 Å². The minimum absolute atomic E-state index is 0.0355. The van der Waals surface area contributed by atoms with Gasteiger partial charge in [0, 0.05) is 12.7 Å². The summed E-state index contributed by atoms with van der Waals surface area (Å²) >= 11 is 6.02. The number of anilines is 1. The van der Waals surface area contributed by atoms with Crippen molar-refractivity contribution in [2.75, 3.05) is 25.1 Å². The zero-order valence-electron chi connectivity index (χ0n) is 16.5. The van der Waals surface area contributed by atoms with Gasteiger partial charge in [0.2, 0.25) is 0 Å². The largest absolute Gasteiger partial charge is 0.490 e. The third-order valence-electron chi connectivity index (χ3n) is 3.90. The molecule has 2 aromatic carbocycles. The van der Waals surface area contributed by atoms with Crippen LogP contribution in [-0.2, 0) is 11.2 Å². The summed E-state index contributed by atoms with van der Waals surface area (Å²) in [6, 6.07) is 14.5. The van der Waals surface area contributed by atoms with E-state index in [-0.39, 0.29) is 5.57 Å². The fraction of sp³-hybridized carbons (Fsp3) is 0.273. The highest BCUT2D eigenvalue weighted by Gasteiger charge is 2.11. The molecule has 0 saturated heterocycles. The predicted molar refractivity (Wildman–Crippen MR) is 114 cm³/mol. The SMILES string of the molecule is CCOc1ccc(CCN/C=C(/C#N)C(=O)Nc2ccccc2Cl)cc1OCC. The molecule has 0 fully saturated rings. The number of para-hydroxylation sites is 1. The number of hydrogen-bond donors (Lipinski definition) is 2. The lowest BCUT2D eigenvalue weighted by Gasteiger charge is -2.12. The first-order valence-electron chi connectivity index (χ1n) is 9.37. The molecule has 0 aliphatic rings. The van der Waals surface area contributed by atoms with Gasteiger partial charge in [-0.1, -0.05) is 29.8 Å². The van der Waals surface area contributed by atoms with Crippen molar-refractivity contribution in [3.63, 3.8) is 0 Å². The Labute approximate surface area is 176 Å². The maximum Gasteiger partial charge on any atom is 0.267 e. The maximum absolute atomic E-state index is 12.2. The van der Waals surface area contributed by atoms with Crippen LogP contribution in [0, 0.1) is 11.3 Å². The Morgan fingerprint density at radius 3 is 2.55 bits per heavy atom. The standard InChI is InChI=1S/C22H24ClN3O3/c1-3-28-20-10-9-16(13-21(20)29-4-2)11-12-25-15-17(14-24)22(27)26-19-8-6-5-7-18(19)23/h5-10,13,15,25H,3-4,11-12H2,1-2H3,(H,26,27)/b17-15-. The molecular weight excluding hydrogens is 390 g/mol. The monoisotopic (exact) mass is 413 g/mol. The van der Waals surface area contributed by atoms with E-state index in [9.17, 15) is 10.1 Å². The van der Waals surface area contributed by atoms with Crippen LogP contribution < -0.4 is 20.1 Å². The highest BCUT2D eigenvalue weighted by molar-refractivity contribution is 6.33. The van der Waals surface area contributed by atoms with Crippen LogP contribution in [0.3, 0.4) is 0 Å². The summed E-state index contributed by atoms with van der Waals surface area (Å²) in [4.78, 5) is 12.2. The van der Waals surface area contributed by atoms with Gasteiger partial charge in [-0.25, -0.2) is 0 Å². The maximum atomic E-state index is 12.2. The third kappa shape index (κ3) is 6.74. The van der Waals surface area contributed by atoms with Crippen LogP contribution in [0.4, 0.5) is 5.69 Å². The number of amides is 1. The number of nitriles is 1. The molecule has 0 bridgehead atoms. The molecule has 2 N–H and O–H groups in total. The molecule has 0 saturated carbocycles. The number of ether oxygens (including phenoxy) is 2. The van der Waals surface area contributed by atoms with E-state index in [2.05, 4.69) is 10.6 Å². The summed E-state index contributed by atoms with van der Waals surface area (Å²) in [6.07, 6.45) is 2.10. The molecule has 1 amide bonds. The average molecular weight is 414 g/mol. The first-order valence-corrected chi connectivity index (χ1v) is 9.74. The van der Waals surface area contributed by atoms with Crippen molar-refractivity contribution < 1.29 is 14.3 Å². The molecule has 0 spiro atoms. The summed E-state index contributed by atoms with van der Waals surface area (Å²) < 4.78 is 11.2.